The topological polar surface area (TPSA) is 106 Å². The molecule has 0 aliphatic carbocycles. The van der Waals surface area contributed by atoms with Crippen molar-refractivity contribution in [2.45, 2.75) is 29.7 Å². The standard InChI is InChI=1S/C26H31F3N2O7S/c1-30(2)25(33)23-16-19(18-4-6-20(7-5-18)26(27,28)29)17-24(38-23)37-15-13-31(12-14-32)39(34,35)22-10-8-21(36-3)9-11-22/h4-11,16,19,24,32H,12-15,17H2,1-3H3/t19-,24+/m0/s1. The first-order chi connectivity index (χ1) is 18.4. The summed E-state index contributed by atoms with van der Waals surface area (Å²) in [6.45, 7) is -0.860. The molecule has 0 saturated heterocycles. The van der Waals surface area contributed by atoms with E-state index in [1.54, 1.807) is 0 Å². The van der Waals surface area contributed by atoms with E-state index >= 15 is 0 Å². The van der Waals surface area contributed by atoms with Crippen LogP contribution in [-0.2, 0) is 30.5 Å². The summed E-state index contributed by atoms with van der Waals surface area (Å²) in [5, 5.41) is 9.44. The minimum Gasteiger partial charge on any atom is -0.497 e. The maximum Gasteiger partial charge on any atom is 0.416 e. The zero-order valence-electron chi connectivity index (χ0n) is 21.7. The Labute approximate surface area is 225 Å². The predicted octanol–water partition coefficient (Wildman–Crippen LogP) is 3.22. The number of likely N-dealkylation sites (N-methyl/N-ethyl adjacent to an activating group) is 1. The molecule has 2 aromatic rings. The van der Waals surface area contributed by atoms with Crippen LogP contribution in [0.3, 0.4) is 0 Å². The summed E-state index contributed by atoms with van der Waals surface area (Å²) in [5.74, 6) is -0.482. The van der Waals surface area contributed by atoms with E-state index in [4.69, 9.17) is 14.2 Å². The minimum atomic E-state index is -4.48. The van der Waals surface area contributed by atoms with Crippen molar-refractivity contribution in [3.05, 3.63) is 71.5 Å². The Morgan fingerprint density at radius 1 is 1.08 bits per heavy atom. The first-order valence-electron chi connectivity index (χ1n) is 12.0. The summed E-state index contributed by atoms with van der Waals surface area (Å²) >= 11 is 0. The Morgan fingerprint density at radius 3 is 2.26 bits per heavy atom. The molecule has 214 valence electrons. The van der Waals surface area contributed by atoms with Gasteiger partial charge in [0.2, 0.25) is 16.3 Å². The lowest BCUT2D eigenvalue weighted by Gasteiger charge is -2.31. The monoisotopic (exact) mass is 572 g/mol. The maximum atomic E-state index is 13.1. The van der Waals surface area contributed by atoms with Gasteiger partial charge in [0.15, 0.2) is 5.76 Å². The third-order valence-corrected chi connectivity index (χ3v) is 7.94. The van der Waals surface area contributed by atoms with E-state index in [-0.39, 0.29) is 36.8 Å². The number of benzene rings is 2. The molecule has 2 aromatic carbocycles. The number of ether oxygens (including phenoxy) is 3. The average Bonchev–Trinajstić information content (AvgIpc) is 2.91. The molecule has 9 nitrogen and oxygen atoms in total. The van der Waals surface area contributed by atoms with Crippen LogP contribution in [0.15, 0.2) is 65.3 Å². The lowest BCUT2D eigenvalue weighted by molar-refractivity contribution is -0.151. The van der Waals surface area contributed by atoms with Crippen LogP contribution in [0.2, 0.25) is 0 Å². The lowest BCUT2D eigenvalue weighted by Crippen LogP contribution is -2.38. The van der Waals surface area contributed by atoms with Crippen molar-refractivity contribution in [3.63, 3.8) is 0 Å². The SMILES string of the molecule is COc1ccc(S(=O)(=O)N(CCO)CCO[C@H]2C[C@@H](c3ccc(C(F)(F)F)cc3)C=C(C(=O)N(C)C)O2)cc1. The number of sulfonamides is 1. The number of alkyl halides is 3. The van der Waals surface area contributed by atoms with Crippen LogP contribution in [-0.4, -0.2) is 82.4 Å². The molecule has 1 aliphatic rings. The highest BCUT2D eigenvalue weighted by Gasteiger charge is 2.33. The second-order valence-electron chi connectivity index (χ2n) is 8.91. The van der Waals surface area contributed by atoms with Gasteiger partial charge in [-0.2, -0.15) is 17.5 Å². The van der Waals surface area contributed by atoms with Crippen molar-refractivity contribution >= 4 is 15.9 Å². The molecule has 0 saturated carbocycles. The predicted molar refractivity (Wildman–Crippen MR) is 135 cm³/mol. The summed E-state index contributed by atoms with van der Waals surface area (Å²) in [6.07, 6.45) is -3.73. The van der Waals surface area contributed by atoms with Gasteiger partial charge in [-0.15, -0.1) is 0 Å². The number of carbonyl (C=O) groups excluding carboxylic acids is 1. The van der Waals surface area contributed by atoms with Crippen LogP contribution in [0.1, 0.15) is 23.5 Å². The van der Waals surface area contributed by atoms with Crippen molar-refractivity contribution in [1.82, 2.24) is 9.21 Å². The van der Waals surface area contributed by atoms with E-state index in [1.165, 1.54) is 68.6 Å². The highest BCUT2D eigenvalue weighted by atomic mass is 32.2. The van der Waals surface area contributed by atoms with Crippen LogP contribution in [0.4, 0.5) is 13.2 Å². The van der Waals surface area contributed by atoms with Gasteiger partial charge in [-0.3, -0.25) is 4.79 Å². The Bertz CT molecular complexity index is 1250. The highest BCUT2D eigenvalue weighted by molar-refractivity contribution is 7.89. The van der Waals surface area contributed by atoms with Gasteiger partial charge in [0, 0.05) is 39.5 Å². The fraction of sp³-hybridized carbons (Fsp3) is 0.423. The van der Waals surface area contributed by atoms with Gasteiger partial charge in [0.05, 0.1) is 30.8 Å². The van der Waals surface area contributed by atoms with E-state index in [0.717, 1.165) is 16.4 Å². The van der Waals surface area contributed by atoms with E-state index in [2.05, 4.69) is 0 Å². The molecular weight excluding hydrogens is 541 g/mol. The van der Waals surface area contributed by atoms with Crippen molar-refractivity contribution in [1.29, 1.82) is 0 Å². The van der Waals surface area contributed by atoms with E-state index in [1.807, 2.05) is 0 Å². The summed E-state index contributed by atoms with van der Waals surface area (Å²) in [4.78, 5) is 13.9. The van der Waals surface area contributed by atoms with Gasteiger partial charge in [0.25, 0.3) is 5.91 Å². The number of aliphatic hydroxyl groups excluding tert-OH is 1. The number of rotatable bonds is 11. The summed E-state index contributed by atoms with van der Waals surface area (Å²) < 4.78 is 82.8. The minimum absolute atomic E-state index is 0.00910. The zero-order chi connectivity index (χ0) is 28.8. The zero-order valence-corrected chi connectivity index (χ0v) is 22.5. The third kappa shape index (κ3) is 7.72. The highest BCUT2D eigenvalue weighted by Crippen LogP contribution is 2.35. The number of hydrogen-bond acceptors (Lipinski definition) is 7. The molecule has 0 spiro atoms. The van der Waals surface area contributed by atoms with Crippen molar-refractivity contribution < 1.29 is 45.7 Å². The molecule has 3 rings (SSSR count). The molecular formula is C26H31F3N2O7S. The second kappa shape index (κ2) is 12.8. The van der Waals surface area contributed by atoms with E-state index < -0.39 is 46.5 Å². The number of halogens is 3. The summed E-state index contributed by atoms with van der Waals surface area (Å²) in [5.41, 5.74) is -0.255. The Balaban J connectivity index is 1.74. The van der Waals surface area contributed by atoms with Crippen molar-refractivity contribution in [2.75, 3.05) is 47.5 Å². The molecule has 1 heterocycles. The smallest absolute Gasteiger partial charge is 0.416 e. The molecule has 1 amide bonds. The van der Waals surface area contributed by atoms with Gasteiger partial charge < -0.3 is 24.2 Å². The first kappa shape index (κ1) is 30.4. The van der Waals surface area contributed by atoms with Crippen LogP contribution < -0.4 is 4.74 Å². The van der Waals surface area contributed by atoms with E-state index in [9.17, 15) is 31.5 Å². The number of aliphatic hydroxyl groups is 1. The number of allylic oxidation sites excluding steroid dienone is 1. The number of amides is 1. The molecule has 13 heteroatoms. The first-order valence-corrected chi connectivity index (χ1v) is 13.4. The van der Waals surface area contributed by atoms with Gasteiger partial charge in [0.1, 0.15) is 5.75 Å². The molecule has 0 unspecified atom stereocenters. The third-order valence-electron chi connectivity index (χ3n) is 6.03. The Hall–Kier alpha value is -3.13. The van der Waals surface area contributed by atoms with Gasteiger partial charge in [-0.25, -0.2) is 8.42 Å². The molecule has 1 aliphatic heterocycles. The number of carbonyl (C=O) groups is 1. The molecule has 0 aromatic heterocycles. The van der Waals surface area contributed by atoms with Crippen molar-refractivity contribution in [3.8, 4) is 5.75 Å². The van der Waals surface area contributed by atoms with Crippen LogP contribution in [0.25, 0.3) is 0 Å². The molecule has 0 fully saturated rings. The molecule has 1 N–H and O–H groups in total. The van der Waals surface area contributed by atoms with E-state index in [0.29, 0.717) is 11.3 Å². The number of nitrogens with zero attached hydrogens (tertiary/aromatic N) is 2. The number of methoxy groups -OCH3 is 1. The molecule has 0 bridgehead atoms. The Kier molecular flexibility index (Phi) is 9.99. The molecule has 39 heavy (non-hydrogen) atoms. The van der Waals surface area contributed by atoms with Crippen molar-refractivity contribution in [2.24, 2.45) is 0 Å². The molecule has 0 radical (unpaired) electrons. The second-order valence-corrected chi connectivity index (χ2v) is 10.9. The van der Waals surface area contributed by atoms with Gasteiger partial charge >= 0.3 is 6.18 Å². The Morgan fingerprint density at radius 2 is 1.72 bits per heavy atom. The summed E-state index contributed by atoms with van der Waals surface area (Å²) in [7, 11) is 0.553. The van der Waals surface area contributed by atoms with Crippen LogP contribution >= 0.6 is 0 Å². The van der Waals surface area contributed by atoms with Gasteiger partial charge in [-0.1, -0.05) is 12.1 Å². The average molecular weight is 573 g/mol. The largest absolute Gasteiger partial charge is 0.497 e. The van der Waals surface area contributed by atoms with Gasteiger partial charge in [-0.05, 0) is 48.0 Å². The molecule has 2 atom stereocenters. The fourth-order valence-electron chi connectivity index (χ4n) is 3.93. The number of hydrogen-bond donors (Lipinski definition) is 1. The quantitative estimate of drug-likeness (QED) is 0.441. The fourth-order valence-corrected chi connectivity index (χ4v) is 5.34. The van der Waals surface area contributed by atoms with Crippen LogP contribution in [0.5, 0.6) is 5.75 Å². The van der Waals surface area contributed by atoms with Crippen LogP contribution in [0, 0.1) is 0 Å². The summed E-state index contributed by atoms with van der Waals surface area (Å²) in [6, 6.07) is 10.4. The maximum absolute atomic E-state index is 13.1. The normalized spacial score (nSPS) is 17.9. The lowest BCUT2D eigenvalue weighted by atomic mass is 9.92.